The maximum Gasteiger partial charge on any atom is 0.259 e. The van der Waals surface area contributed by atoms with Crippen molar-refractivity contribution in [3.8, 4) is 5.75 Å². The fraction of sp³-hybridized carbons (Fsp3) is 0.379. The number of anilines is 1. The molecule has 1 aliphatic rings. The summed E-state index contributed by atoms with van der Waals surface area (Å²) in [6.45, 7) is 11.4. The number of nitrogens with zero attached hydrogens (tertiary/aromatic N) is 3. The number of ether oxygens (including phenoxy) is 1. The third-order valence-electron chi connectivity index (χ3n) is 7.06. The van der Waals surface area contributed by atoms with E-state index in [1.807, 2.05) is 43.0 Å². The second-order valence-corrected chi connectivity index (χ2v) is 9.39. The molecule has 1 amide bonds. The summed E-state index contributed by atoms with van der Waals surface area (Å²) in [6.07, 6.45) is 0.747. The molecule has 0 aliphatic carbocycles. The summed E-state index contributed by atoms with van der Waals surface area (Å²) in [5, 5.41) is 0. The molecule has 2 aromatic carbocycles. The van der Waals surface area contributed by atoms with Crippen molar-refractivity contribution >= 4 is 11.6 Å². The number of methoxy groups -OCH3 is 1. The molecule has 0 N–H and O–H groups in total. The van der Waals surface area contributed by atoms with Crippen LogP contribution < -0.4 is 15.1 Å². The van der Waals surface area contributed by atoms with Crippen molar-refractivity contribution in [2.75, 3.05) is 38.2 Å². The van der Waals surface area contributed by atoms with E-state index in [0.717, 1.165) is 42.2 Å². The topological polar surface area (TPSA) is 54.8 Å². The number of piperazine rings is 1. The van der Waals surface area contributed by atoms with Crippen molar-refractivity contribution in [2.24, 2.45) is 0 Å². The van der Waals surface area contributed by atoms with Gasteiger partial charge in [-0.3, -0.25) is 9.59 Å². The molecule has 1 aromatic heterocycles. The first-order valence-electron chi connectivity index (χ1n) is 12.2. The average Bonchev–Trinajstić information content (AvgIpc) is 2.85. The molecule has 0 atom stereocenters. The summed E-state index contributed by atoms with van der Waals surface area (Å²) in [5.41, 5.74) is 6.47. The first-order chi connectivity index (χ1) is 16.8. The molecule has 0 bridgehead atoms. The summed E-state index contributed by atoms with van der Waals surface area (Å²) in [5.74, 6) is 0.682. The van der Waals surface area contributed by atoms with Crippen LogP contribution >= 0.6 is 0 Å². The summed E-state index contributed by atoms with van der Waals surface area (Å²) >= 11 is 0. The number of aromatic nitrogens is 1. The van der Waals surface area contributed by atoms with Gasteiger partial charge in [-0.2, -0.15) is 0 Å². The lowest BCUT2D eigenvalue weighted by Gasteiger charge is -2.37. The molecule has 0 spiro atoms. The van der Waals surface area contributed by atoms with Crippen molar-refractivity contribution in [3.05, 3.63) is 92.4 Å². The number of carbonyl (C=O) groups excluding carboxylic acids is 1. The Hall–Kier alpha value is -3.54. The van der Waals surface area contributed by atoms with Gasteiger partial charge >= 0.3 is 0 Å². The Morgan fingerprint density at radius 1 is 0.943 bits per heavy atom. The van der Waals surface area contributed by atoms with Crippen LogP contribution in [0.25, 0.3) is 0 Å². The minimum absolute atomic E-state index is 0.167. The predicted molar refractivity (Wildman–Crippen MR) is 141 cm³/mol. The molecule has 0 radical (unpaired) electrons. The molecule has 1 fully saturated rings. The highest BCUT2D eigenvalue weighted by Gasteiger charge is 2.27. The molecule has 1 aliphatic heterocycles. The van der Waals surface area contributed by atoms with Gasteiger partial charge < -0.3 is 19.1 Å². The number of benzene rings is 2. The lowest BCUT2D eigenvalue weighted by Crippen LogP contribution is -2.50. The number of rotatable bonds is 6. The van der Waals surface area contributed by atoms with E-state index < -0.39 is 0 Å². The van der Waals surface area contributed by atoms with Gasteiger partial charge in [-0.1, -0.05) is 30.3 Å². The van der Waals surface area contributed by atoms with Gasteiger partial charge in [0, 0.05) is 55.9 Å². The van der Waals surface area contributed by atoms with Crippen LogP contribution in [0.2, 0.25) is 0 Å². The zero-order valence-corrected chi connectivity index (χ0v) is 21.4. The van der Waals surface area contributed by atoms with Crippen LogP contribution in [0.5, 0.6) is 5.75 Å². The van der Waals surface area contributed by atoms with Crippen LogP contribution in [0.4, 0.5) is 5.69 Å². The molecule has 1 saturated heterocycles. The maximum absolute atomic E-state index is 13.5. The molecule has 35 heavy (non-hydrogen) atoms. The van der Waals surface area contributed by atoms with E-state index >= 15 is 0 Å². The first kappa shape index (κ1) is 24.6. The molecule has 6 nitrogen and oxygen atoms in total. The Morgan fingerprint density at radius 2 is 1.66 bits per heavy atom. The Labute approximate surface area is 207 Å². The highest BCUT2D eigenvalue weighted by Crippen LogP contribution is 2.24. The Kier molecular flexibility index (Phi) is 7.29. The molecule has 4 rings (SSSR count). The van der Waals surface area contributed by atoms with Crippen LogP contribution in [-0.2, 0) is 13.0 Å². The normalized spacial score (nSPS) is 13.7. The second-order valence-electron chi connectivity index (χ2n) is 9.39. The third kappa shape index (κ3) is 5.11. The van der Waals surface area contributed by atoms with E-state index in [4.69, 9.17) is 4.74 Å². The number of carbonyl (C=O) groups is 1. The highest BCUT2D eigenvalue weighted by atomic mass is 16.5. The first-order valence-corrected chi connectivity index (χ1v) is 12.2. The second kappa shape index (κ2) is 10.4. The minimum atomic E-state index is -0.199. The quantitative estimate of drug-likeness (QED) is 0.536. The van der Waals surface area contributed by atoms with Gasteiger partial charge in [-0.25, -0.2) is 0 Å². The number of aryl methyl sites for hydroxylation is 4. The molecule has 0 saturated carbocycles. The minimum Gasteiger partial charge on any atom is -0.496 e. The van der Waals surface area contributed by atoms with Crippen LogP contribution in [0.3, 0.4) is 0 Å². The summed E-state index contributed by atoms with van der Waals surface area (Å²) in [6, 6.07) is 16.0. The SMILES string of the molecule is COc1ccccc1CCn1c(C)cc(=O)c(C(=O)N2CCN(c3cc(C)ccc3C)CC2)c1C. The van der Waals surface area contributed by atoms with Crippen molar-refractivity contribution in [1.29, 1.82) is 0 Å². The van der Waals surface area contributed by atoms with Gasteiger partial charge in [0.1, 0.15) is 11.3 Å². The molecular weight excluding hydrogens is 438 g/mol. The molecule has 184 valence electrons. The van der Waals surface area contributed by atoms with E-state index in [9.17, 15) is 9.59 Å². The lowest BCUT2D eigenvalue weighted by atomic mass is 10.1. The number of para-hydroxylation sites is 1. The van der Waals surface area contributed by atoms with E-state index in [-0.39, 0.29) is 16.9 Å². The molecular formula is C29H35N3O3. The number of pyridine rings is 1. The van der Waals surface area contributed by atoms with Gasteiger partial charge in [0.05, 0.1) is 7.11 Å². The number of amides is 1. The third-order valence-corrected chi connectivity index (χ3v) is 7.06. The van der Waals surface area contributed by atoms with E-state index in [2.05, 4.69) is 41.5 Å². The molecule has 2 heterocycles. The highest BCUT2D eigenvalue weighted by molar-refractivity contribution is 5.95. The van der Waals surface area contributed by atoms with Crippen LogP contribution in [0, 0.1) is 27.7 Å². The Bertz CT molecular complexity index is 1290. The molecule has 0 unspecified atom stereocenters. The smallest absolute Gasteiger partial charge is 0.259 e. The molecule has 3 aromatic rings. The average molecular weight is 474 g/mol. The summed E-state index contributed by atoms with van der Waals surface area (Å²) in [4.78, 5) is 30.6. The lowest BCUT2D eigenvalue weighted by molar-refractivity contribution is 0.0743. The zero-order valence-electron chi connectivity index (χ0n) is 21.4. The number of hydrogen-bond acceptors (Lipinski definition) is 4. The fourth-order valence-electron chi connectivity index (χ4n) is 5.03. The van der Waals surface area contributed by atoms with Gasteiger partial charge in [0.15, 0.2) is 5.43 Å². The standard InChI is InChI=1S/C29H35N3O3/c1-20-10-11-21(2)25(18-20)30-14-16-31(17-15-30)29(34)28-23(4)32(22(3)19-26(28)33)13-12-24-8-6-7-9-27(24)35-5/h6-11,18-19H,12-17H2,1-5H3. The van der Waals surface area contributed by atoms with E-state index in [1.54, 1.807) is 13.2 Å². The Morgan fingerprint density at radius 3 is 2.37 bits per heavy atom. The Balaban J connectivity index is 1.52. The van der Waals surface area contributed by atoms with Crippen molar-refractivity contribution in [3.63, 3.8) is 0 Å². The fourth-order valence-corrected chi connectivity index (χ4v) is 5.03. The summed E-state index contributed by atoms with van der Waals surface area (Å²) in [7, 11) is 1.67. The monoisotopic (exact) mass is 473 g/mol. The van der Waals surface area contributed by atoms with Gasteiger partial charge in [-0.05, 0) is 62.9 Å². The van der Waals surface area contributed by atoms with Crippen molar-refractivity contribution in [1.82, 2.24) is 9.47 Å². The molecule has 6 heteroatoms. The van der Waals surface area contributed by atoms with Gasteiger partial charge in [0.2, 0.25) is 0 Å². The number of hydrogen-bond donors (Lipinski definition) is 0. The van der Waals surface area contributed by atoms with Crippen LogP contribution in [0.1, 0.15) is 38.4 Å². The summed E-state index contributed by atoms with van der Waals surface area (Å²) < 4.78 is 7.56. The maximum atomic E-state index is 13.5. The zero-order chi connectivity index (χ0) is 25.1. The predicted octanol–water partition coefficient (Wildman–Crippen LogP) is 4.30. The van der Waals surface area contributed by atoms with Crippen molar-refractivity contribution in [2.45, 2.75) is 40.7 Å². The van der Waals surface area contributed by atoms with Crippen molar-refractivity contribution < 1.29 is 9.53 Å². The van der Waals surface area contributed by atoms with E-state index in [1.165, 1.54) is 16.8 Å². The largest absolute Gasteiger partial charge is 0.496 e. The van der Waals surface area contributed by atoms with Crippen LogP contribution in [-0.4, -0.2) is 48.7 Å². The van der Waals surface area contributed by atoms with Gasteiger partial charge in [-0.15, -0.1) is 0 Å². The van der Waals surface area contributed by atoms with E-state index in [0.29, 0.717) is 19.6 Å². The van der Waals surface area contributed by atoms with Gasteiger partial charge in [0.25, 0.3) is 5.91 Å². The van der Waals surface area contributed by atoms with Crippen LogP contribution in [0.15, 0.2) is 53.3 Å².